The van der Waals surface area contributed by atoms with E-state index >= 15 is 0 Å². The van der Waals surface area contributed by atoms with Crippen molar-refractivity contribution < 1.29 is 35.1 Å². The van der Waals surface area contributed by atoms with Gasteiger partial charge in [-0.3, -0.25) is 0 Å². The Morgan fingerprint density at radius 1 is 0.769 bits per heavy atom. The highest BCUT2D eigenvalue weighted by Gasteiger charge is 2.58. The van der Waals surface area contributed by atoms with Gasteiger partial charge in [-0.15, -0.1) is 0 Å². The van der Waals surface area contributed by atoms with Gasteiger partial charge in [0.1, 0.15) is 0 Å². The van der Waals surface area contributed by atoms with Crippen molar-refractivity contribution in [2.45, 2.75) is 24.7 Å². The van der Waals surface area contributed by atoms with Crippen molar-refractivity contribution in [3.05, 3.63) is 6.42 Å². The molecule has 0 amide bonds. The molecule has 0 saturated carbocycles. The predicted octanol–water partition coefficient (Wildman–Crippen LogP) is 3.34. The van der Waals surface area contributed by atoms with Gasteiger partial charge in [0.25, 0.3) is 0 Å². The van der Waals surface area contributed by atoms with Crippen LogP contribution in [0.2, 0.25) is 0 Å². The third kappa shape index (κ3) is 4.28. The van der Waals surface area contributed by atoms with E-state index in [1.165, 1.54) is 0 Å². The van der Waals surface area contributed by atoms with Crippen molar-refractivity contribution in [3.8, 4) is 0 Å². The number of alkyl halides is 8. The second-order valence-corrected chi connectivity index (χ2v) is 2.14. The number of halogens is 8. The molecule has 0 atom stereocenters. The molecule has 0 aliphatic heterocycles. The van der Waals surface area contributed by atoms with Crippen molar-refractivity contribution in [3.63, 3.8) is 0 Å². The van der Waals surface area contributed by atoms with E-state index in [0.717, 1.165) is 0 Å². The van der Waals surface area contributed by atoms with E-state index in [0.29, 0.717) is 0 Å². The molecule has 1 radical (unpaired) electrons. The van der Waals surface area contributed by atoms with Crippen LogP contribution in [0.15, 0.2) is 0 Å². The molecule has 0 nitrogen and oxygen atoms in total. The SMILES string of the molecule is FC(F)(F)C[CH]C(F)(F)C(F)(F)F. The van der Waals surface area contributed by atoms with Crippen LogP contribution in [0, 0.1) is 6.42 Å². The Morgan fingerprint density at radius 3 is 1.38 bits per heavy atom. The fourth-order valence-electron chi connectivity index (χ4n) is 0.360. The molecule has 0 aromatic rings. The minimum Gasteiger partial charge on any atom is -0.196 e. The number of hydrogen-bond acceptors (Lipinski definition) is 0. The van der Waals surface area contributed by atoms with Crippen LogP contribution >= 0.6 is 0 Å². The highest BCUT2D eigenvalue weighted by Crippen LogP contribution is 2.40. The summed E-state index contributed by atoms with van der Waals surface area (Å²) in [6, 6.07) is 0. The minimum absolute atomic E-state index is 1.10. The van der Waals surface area contributed by atoms with E-state index in [2.05, 4.69) is 0 Å². The third-order valence-electron chi connectivity index (χ3n) is 0.968. The summed E-state index contributed by atoms with van der Waals surface area (Å²) in [6.07, 6.45) is -14.4. The summed E-state index contributed by atoms with van der Waals surface area (Å²) in [5, 5.41) is 0. The average Bonchev–Trinajstić information content (AvgIpc) is 1.79. The van der Waals surface area contributed by atoms with Crippen LogP contribution in [0.4, 0.5) is 35.1 Å². The van der Waals surface area contributed by atoms with Gasteiger partial charge in [0, 0.05) is 0 Å². The Morgan fingerprint density at radius 2 is 1.15 bits per heavy atom. The molecule has 0 aliphatic rings. The Bertz CT molecular complexity index is 162. The lowest BCUT2D eigenvalue weighted by molar-refractivity contribution is -0.271. The van der Waals surface area contributed by atoms with Crippen LogP contribution in [0.3, 0.4) is 0 Å². The molecule has 0 aromatic heterocycles. The molecular formula is C5H3F8. The molecule has 8 heteroatoms. The summed E-state index contributed by atoms with van der Waals surface area (Å²) >= 11 is 0. The minimum atomic E-state index is -5.97. The third-order valence-corrected chi connectivity index (χ3v) is 0.968. The van der Waals surface area contributed by atoms with E-state index in [1.807, 2.05) is 0 Å². The standard InChI is InChI=1S/C5H3F8/c6-3(7,5(11,12)13)1-2-4(8,9)10/h1H,2H2. The van der Waals surface area contributed by atoms with E-state index < -0.39 is 31.1 Å². The molecule has 0 heterocycles. The number of rotatable bonds is 2. The average molecular weight is 215 g/mol. The monoisotopic (exact) mass is 215 g/mol. The molecule has 0 aliphatic carbocycles. The zero-order chi connectivity index (χ0) is 10.9. The van der Waals surface area contributed by atoms with E-state index in [4.69, 9.17) is 0 Å². The van der Waals surface area contributed by atoms with Crippen LogP contribution in [-0.2, 0) is 0 Å². The summed E-state index contributed by atoms with van der Waals surface area (Å²) in [4.78, 5) is 0. The quantitative estimate of drug-likeness (QED) is 0.619. The van der Waals surface area contributed by atoms with Gasteiger partial charge >= 0.3 is 18.3 Å². The molecule has 79 valence electrons. The Hall–Kier alpha value is -0.560. The van der Waals surface area contributed by atoms with Crippen molar-refractivity contribution in [2.75, 3.05) is 0 Å². The van der Waals surface area contributed by atoms with Gasteiger partial charge in [0.05, 0.1) is 12.8 Å². The maximum Gasteiger partial charge on any atom is 0.453 e. The Labute approximate surface area is 67.5 Å². The van der Waals surface area contributed by atoms with E-state index in [-0.39, 0.29) is 0 Å². The zero-order valence-electron chi connectivity index (χ0n) is 5.81. The summed E-state index contributed by atoms with van der Waals surface area (Å²) in [6.45, 7) is 0. The van der Waals surface area contributed by atoms with Crippen molar-refractivity contribution in [1.29, 1.82) is 0 Å². The lowest BCUT2D eigenvalue weighted by Crippen LogP contribution is -2.37. The summed E-state index contributed by atoms with van der Waals surface area (Å²) in [5.74, 6) is -5.40. The maximum atomic E-state index is 11.8. The summed E-state index contributed by atoms with van der Waals surface area (Å²) in [7, 11) is 0. The normalized spacial score (nSPS) is 14.8. The fraction of sp³-hybridized carbons (Fsp3) is 0.800. The molecule has 0 unspecified atom stereocenters. The Kier molecular flexibility index (Phi) is 3.16. The van der Waals surface area contributed by atoms with Crippen LogP contribution in [0.1, 0.15) is 6.42 Å². The molecule has 0 saturated heterocycles. The largest absolute Gasteiger partial charge is 0.453 e. The number of hydrogen-bond donors (Lipinski definition) is 0. The highest BCUT2D eigenvalue weighted by molar-refractivity contribution is 4.91. The van der Waals surface area contributed by atoms with Gasteiger partial charge in [-0.1, -0.05) is 0 Å². The molecule has 0 bridgehead atoms. The second-order valence-electron chi connectivity index (χ2n) is 2.14. The first kappa shape index (κ1) is 12.4. The molecular weight excluding hydrogens is 212 g/mol. The first-order valence-corrected chi connectivity index (χ1v) is 2.81. The van der Waals surface area contributed by atoms with Gasteiger partial charge in [-0.25, -0.2) is 0 Å². The van der Waals surface area contributed by atoms with Crippen molar-refractivity contribution in [1.82, 2.24) is 0 Å². The van der Waals surface area contributed by atoms with Crippen LogP contribution < -0.4 is 0 Å². The summed E-state index contributed by atoms with van der Waals surface area (Å²) < 4.78 is 91.1. The first-order chi connectivity index (χ1) is 5.46. The van der Waals surface area contributed by atoms with Gasteiger partial charge in [0.2, 0.25) is 0 Å². The topological polar surface area (TPSA) is 0 Å². The van der Waals surface area contributed by atoms with E-state index in [9.17, 15) is 35.1 Å². The van der Waals surface area contributed by atoms with Gasteiger partial charge < -0.3 is 0 Å². The lowest BCUT2D eigenvalue weighted by Gasteiger charge is -2.19. The van der Waals surface area contributed by atoms with Gasteiger partial charge in [0.15, 0.2) is 0 Å². The summed E-state index contributed by atoms with van der Waals surface area (Å²) in [5.41, 5.74) is 0. The maximum absolute atomic E-state index is 11.8. The van der Waals surface area contributed by atoms with Crippen LogP contribution in [0.5, 0.6) is 0 Å². The van der Waals surface area contributed by atoms with Crippen LogP contribution in [0.25, 0.3) is 0 Å². The highest BCUT2D eigenvalue weighted by atomic mass is 19.4. The predicted molar refractivity (Wildman–Crippen MR) is 26.0 cm³/mol. The molecule has 0 rings (SSSR count). The lowest BCUT2D eigenvalue weighted by atomic mass is 10.2. The van der Waals surface area contributed by atoms with E-state index in [1.54, 1.807) is 0 Å². The molecule has 0 aromatic carbocycles. The van der Waals surface area contributed by atoms with Crippen molar-refractivity contribution in [2.24, 2.45) is 0 Å². The second kappa shape index (κ2) is 3.30. The molecule has 0 spiro atoms. The molecule has 0 fully saturated rings. The van der Waals surface area contributed by atoms with Crippen LogP contribution in [-0.4, -0.2) is 18.3 Å². The molecule has 0 N–H and O–H groups in total. The zero-order valence-corrected chi connectivity index (χ0v) is 5.81. The Balaban J connectivity index is 4.21. The van der Waals surface area contributed by atoms with Crippen molar-refractivity contribution >= 4 is 0 Å². The smallest absolute Gasteiger partial charge is 0.196 e. The van der Waals surface area contributed by atoms with Gasteiger partial charge in [-0.05, 0) is 0 Å². The molecule has 13 heavy (non-hydrogen) atoms. The van der Waals surface area contributed by atoms with Gasteiger partial charge in [-0.2, -0.15) is 35.1 Å². The fourth-order valence-corrected chi connectivity index (χ4v) is 0.360. The first-order valence-electron chi connectivity index (χ1n) is 2.81.